The molecule has 2 atom stereocenters. The second kappa shape index (κ2) is 7.74. The number of carbonyl (C=O) groups excluding carboxylic acids is 1. The molecule has 1 aromatic rings. The topological polar surface area (TPSA) is 104 Å². The van der Waals surface area contributed by atoms with Crippen LogP contribution in [0.2, 0.25) is 0 Å². The van der Waals surface area contributed by atoms with E-state index in [1.54, 1.807) is 25.1 Å². The molecule has 1 aromatic carbocycles. The predicted octanol–water partition coefficient (Wildman–Crippen LogP) is 2.19. The van der Waals surface area contributed by atoms with E-state index < -0.39 is 16.6 Å². The van der Waals surface area contributed by atoms with Gasteiger partial charge in [-0.05, 0) is 12.8 Å². The first kappa shape index (κ1) is 17.9. The molecular weight excluding hydrogens is 286 g/mol. The zero-order chi connectivity index (χ0) is 16.8. The van der Waals surface area contributed by atoms with Gasteiger partial charge < -0.3 is 15.7 Å². The Morgan fingerprint density at radius 2 is 2.05 bits per heavy atom. The highest BCUT2D eigenvalue weighted by Gasteiger charge is 2.27. The molecule has 122 valence electrons. The number of para-hydroxylation sites is 1. The van der Waals surface area contributed by atoms with Crippen molar-refractivity contribution >= 4 is 11.7 Å². The minimum absolute atomic E-state index is 0.0330. The third-order valence-electron chi connectivity index (χ3n) is 3.91. The van der Waals surface area contributed by atoms with Gasteiger partial charge in [-0.3, -0.25) is 10.1 Å². The van der Waals surface area contributed by atoms with E-state index in [-0.39, 0.29) is 24.7 Å². The number of rotatable bonds is 7. The predicted molar refractivity (Wildman–Crippen MR) is 83.4 cm³/mol. The van der Waals surface area contributed by atoms with Gasteiger partial charge >= 0.3 is 6.03 Å². The van der Waals surface area contributed by atoms with E-state index in [1.807, 2.05) is 13.8 Å². The van der Waals surface area contributed by atoms with Crippen LogP contribution >= 0.6 is 0 Å². The van der Waals surface area contributed by atoms with Gasteiger partial charge in [0.1, 0.15) is 0 Å². The molecule has 0 aliphatic carbocycles. The number of nitro groups is 1. The largest absolute Gasteiger partial charge is 0.388 e. The van der Waals surface area contributed by atoms with Crippen molar-refractivity contribution in [3.63, 3.8) is 0 Å². The zero-order valence-corrected chi connectivity index (χ0v) is 13.1. The van der Waals surface area contributed by atoms with Gasteiger partial charge in [0, 0.05) is 18.2 Å². The summed E-state index contributed by atoms with van der Waals surface area (Å²) in [6.07, 6.45) is 0.798. The molecule has 0 radical (unpaired) electrons. The summed E-state index contributed by atoms with van der Waals surface area (Å²) < 4.78 is 0. The summed E-state index contributed by atoms with van der Waals surface area (Å²) in [4.78, 5) is 22.1. The Morgan fingerprint density at radius 3 is 2.64 bits per heavy atom. The van der Waals surface area contributed by atoms with Crippen LogP contribution in [-0.2, 0) is 6.54 Å². The Kier molecular flexibility index (Phi) is 6.30. The smallest absolute Gasteiger partial charge is 0.315 e. The standard InChI is InChI=1S/C15H23N3O4/c1-4-11(2)15(3,20)10-17-14(19)16-9-12-7-5-6-8-13(12)18(21)22/h5-8,11,20H,4,9-10H2,1-3H3,(H2,16,17,19). The van der Waals surface area contributed by atoms with Crippen LogP contribution in [0.25, 0.3) is 0 Å². The highest BCUT2D eigenvalue weighted by Crippen LogP contribution is 2.19. The fourth-order valence-corrected chi connectivity index (χ4v) is 1.95. The van der Waals surface area contributed by atoms with Crippen molar-refractivity contribution in [2.75, 3.05) is 6.54 Å². The van der Waals surface area contributed by atoms with Crippen molar-refractivity contribution in [1.82, 2.24) is 10.6 Å². The first-order valence-corrected chi connectivity index (χ1v) is 7.24. The number of urea groups is 1. The van der Waals surface area contributed by atoms with E-state index in [9.17, 15) is 20.0 Å². The fourth-order valence-electron chi connectivity index (χ4n) is 1.95. The van der Waals surface area contributed by atoms with Gasteiger partial charge in [-0.1, -0.05) is 38.5 Å². The van der Waals surface area contributed by atoms with Crippen LogP contribution in [-0.4, -0.2) is 28.2 Å². The summed E-state index contributed by atoms with van der Waals surface area (Å²) in [6, 6.07) is 5.76. The maximum atomic E-state index is 11.8. The molecular formula is C15H23N3O4. The maximum Gasteiger partial charge on any atom is 0.315 e. The number of amides is 2. The van der Waals surface area contributed by atoms with Gasteiger partial charge in [-0.2, -0.15) is 0 Å². The summed E-state index contributed by atoms with van der Waals surface area (Å²) in [6.45, 7) is 5.71. The second-order valence-electron chi connectivity index (χ2n) is 5.59. The normalized spacial score (nSPS) is 14.7. The third kappa shape index (κ3) is 5.00. The van der Waals surface area contributed by atoms with E-state index in [1.165, 1.54) is 6.07 Å². The molecule has 1 rings (SSSR count). The number of hydrogen-bond acceptors (Lipinski definition) is 4. The lowest BCUT2D eigenvalue weighted by Gasteiger charge is -2.29. The lowest BCUT2D eigenvalue weighted by Crippen LogP contribution is -2.47. The first-order valence-electron chi connectivity index (χ1n) is 7.24. The van der Waals surface area contributed by atoms with Gasteiger partial charge in [0.05, 0.1) is 17.1 Å². The Labute approximate surface area is 129 Å². The number of nitrogens with one attached hydrogen (secondary N) is 2. The van der Waals surface area contributed by atoms with Crippen molar-refractivity contribution in [2.45, 2.75) is 39.3 Å². The van der Waals surface area contributed by atoms with Crippen LogP contribution in [0, 0.1) is 16.0 Å². The molecule has 7 nitrogen and oxygen atoms in total. The average Bonchev–Trinajstić information content (AvgIpc) is 2.50. The van der Waals surface area contributed by atoms with Crippen LogP contribution in [0.3, 0.4) is 0 Å². The third-order valence-corrected chi connectivity index (χ3v) is 3.91. The van der Waals surface area contributed by atoms with Crippen molar-refractivity contribution in [3.8, 4) is 0 Å². The molecule has 22 heavy (non-hydrogen) atoms. The van der Waals surface area contributed by atoms with Crippen molar-refractivity contribution < 1.29 is 14.8 Å². The summed E-state index contributed by atoms with van der Waals surface area (Å²) >= 11 is 0. The molecule has 3 N–H and O–H groups in total. The first-order chi connectivity index (χ1) is 10.3. The number of benzene rings is 1. The molecule has 2 amide bonds. The molecule has 0 aliphatic heterocycles. The van der Waals surface area contributed by atoms with Crippen LogP contribution < -0.4 is 10.6 Å². The highest BCUT2D eigenvalue weighted by molar-refractivity contribution is 5.74. The molecule has 0 bridgehead atoms. The molecule has 0 saturated carbocycles. The lowest BCUT2D eigenvalue weighted by atomic mass is 9.89. The highest BCUT2D eigenvalue weighted by atomic mass is 16.6. The van der Waals surface area contributed by atoms with Gasteiger partial charge in [0.25, 0.3) is 5.69 Å². The zero-order valence-electron chi connectivity index (χ0n) is 13.1. The minimum atomic E-state index is -0.995. The number of nitro benzene ring substituents is 1. The Hall–Kier alpha value is -2.15. The second-order valence-corrected chi connectivity index (χ2v) is 5.59. The quantitative estimate of drug-likeness (QED) is 0.530. The molecule has 2 unspecified atom stereocenters. The maximum absolute atomic E-state index is 11.8. The molecule has 0 aliphatic rings. The summed E-state index contributed by atoms with van der Waals surface area (Å²) in [7, 11) is 0. The van der Waals surface area contributed by atoms with Gasteiger partial charge in [-0.15, -0.1) is 0 Å². The monoisotopic (exact) mass is 309 g/mol. The van der Waals surface area contributed by atoms with Crippen molar-refractivity contribution in [2.24, 2.45) is 5.92 Å². The molecule has 0 saturated heterocycles. The van der Waals surface area contributed by atoms with Crippen LogP contribution in [0.15, 0.2) is 24.3 Å². The average molecular weight is 309 g/mol. The van der Waals surface area contributed by atoms with E-state index in [0.29, 0.717) is 5.56 Å². The van der Waals surface area contributed by atoms with Gasteiger partial charge in [-0.25, -0.2) is 4.79 Å². The number of aliphatic hydroxyl groups is 1. The Morgan fingerprint density at radius 1 is 1.41 bits per heavy atom. The molecule has 7 heteroatoms. The van der Waals surface area contributed by atoms with Crippen molar-refractivity contribution in [3.05, 3.63) is 39.9 Å². The molecule has 0 fully saturated rings. The van der Waals surface area contributed by atoms with Crippen LogP contribution in [0.4, 0.5) is 10.5 Å². The Bertz CT molecular complexity index is 531. The summed E-state index contributed by atoms with van der Waals surface area (Å²) in [5.74, 6) is 0.0445. The van der Waals surface area contributed by atoms with Gasteiger partial charge in [0.2, 0.25) is 0 Å². The van der Waals surface area contributed by atoms with E-state index >= 15 is 0 Å². The van der Waals surface area contributed by atoms with Crippen LogP contribution in [0.5, 0.6) is 0 Å². The molecule has 0 aromatic heterocycles. The van der Waals surface area contributed by atoms with E-state index in [0.717, 1.165) is 6.42 Å². The number of hydrogen-bond donors (Lipinski definition) is 3. The summed E-state index contributed by atoms with van der Waals surface area (Å²) in [5, 5.41) is 26.2. The Balaban J connectivity index is 2.52. The van der Waals surface area contributed by atoms with Crippen LogP contribution in [0.1, 0.15) is 32.8 Å². The van der Waals surface area contributed by atoms with E-state index in [4.69, 9.17) is 0 Å². The van der Waals surface area contributed by atoms with Gasteiger partial charge in [0.15, 0.2) is 0 Å². The molecule has 0 heterocycles. The number of carbonyl (C=O) groups is 1. The van der Waals surface area contributed by atoms with E-state index in [2.05, 4.69) is 10.6 Å². The fraction of sp³-hybridized carbons (Fsp3) is 0.533. The SMILES string of the molecule is CCC(C)C(C)(O)CNC(=O)NCc1ccccc1[N+](=O)[O-]. The summed E-state index contributed by atoms with van der Waals surface area (Å²) in [5.41, 5.74) is -0.601. The minimum Gasteiger partial charge on any atom is -0.388 e. The lowest BCUT2D eigenvalue weighted by molar-refractivity contribution is -0.385. The van der Waals surface area contributed by atoms with Crippen molar-refractivity contribution in [1.29, 1.82) is 0 Å². The number of nitrogens with zero attached hydrogens (tertiary/aromatic N) is 1. The molecule has 0 spiro atoms.